The normalized spacial score (nSPS) is 15.8. The molecule has 0 spiro atoms. The van der Waals surface area contributed by atoms with Crippen LogP contribution in [0.3, 0.4) is 0 Å². The van der Waals surface area contributed by atoms with Gasteiger partial charge in [-0.1, -0.05) is 67.9 Å². The molecule has 172 valence electrons. The zero-order valence-corrected chi connectivity index (χ0v) is 20.7. The number of hydrazone groups is 1. The molecule has 1 aromatic heterocycles. The monoisotopic (exact) mass is 469 g/mol. The first-order valence-electron chi connectivity index (χ1n) is 11.6. The fourth-order valence-corrected chi connectivity index (χ4v) is 5.20. The molecule has 3 aromatic carbocycles. The lowest BCUT2D eigenvalue weighted by Gasteiger charge is -2.21. The van der Waals surface area contributed by atoms with Crippen molar-refractivity contribution in [1.29, 1.82) is 0 Å². The largest absolute Gasteiger partial charge is 0.231 e. The van der Waals surface area contributed by atoms with Gasteiger partial charge in [0.2, 0.25) is 5.13 Å². The van der Waals surface area contributed by atoms with E-state index in [4.69, 9.17) is 10.1 Å². The van der Waals surface area contributed by atoms with Gasteiger partial charge in [-0.15, -0.1) is 11.3 Å². The van der Waals surface area contributed by atoms with Gasteiger partial charge in [-0.2, -0.15) is 5.10 Å². The van der Waals surface area contributed by atoms with E-state index in [1.54, 1.807) is 23.5 Å². The van der Waals surface area contributed by atoms with Crippen LogP contribution < -0.4 is 5.01 Å². The maximum Gasteiger partial charge on any atom is 0.207 e. The maximum absolute atomic E-state index is 13.5. The fraction of sp³-hybridized carbons (Fsp3) is 0.241. The Morgan fingerprint density at radius 3 is 2.41 bits per heavy atom. The highest BCUT2D eigenvalue weighted by Crippen LogP contribution is 2.40. The third-order valence-electron chi connectivity index (χ3n) is 6.43. The molecule has 0 amide bonds. The fourth-order valence-electron chi connectivity index (χ4n) is 4.37. The van der Waals surface area contributed by atoms with Crippen LogP contribution in [0.25, 0.3) is 11.3 Å². The highest BCUT2D eigenvalue weighted by molar-refractivity contribution is 7.14. The van der Waals surface area contributed by atoms with Crippen molar-refractivity contribution >= 4 is 22.2 Å². The van der Waals surface area contributed by atoms with Gasteiger partial charge in [0.15, 0.2) is 0 Å². The lowest BCUT2D eigenvalue weighted by atomic mass is 9.95. The van der Waals surface area contributed by atoms with Crippen LogP contribution in [0.5, 0.6) is 0 Å². The van der Waals surface area contributed by atoms with Crippen LogP contribution in [0, 0.1) is 19.7 Å². The minimum absolute atomic E-state index is 0.0406. The average Bonchev–Trinajstić information content (AvgIpc) is 3.49. The molecule has 1 unspecified atom stereocenters. The summed E-state index contributed by atoms with van der Waals surface area (Å²) in [5.41, 5.74) is 8.97. The Kier molecular flexibility index (Phi) is 6.05. The van der Waals surface area contributed by atoms with E-state index in [0.29, 0.717) is 5.92 Å². The third kappa shape index (κ3) is 4.40. The minimum Gasteiger partial charge on any atom is -0.231 e. The molecule has 5 heteroatoms. The summed E-state index contributed by atoms with van der Waals surface area (Å²) in [5.74, 6) is 0.247. The summed E-state index contributed by atoms with van der Waals surface area (Å²) in [4.78, 5) is 5.01. The summed E-state index contributed by atoms with van der Waals surface area (Å²) in [6.07, 6.45) is 0.741. The molecule has 0 aliphatic carbocycles. The number of anilines is 1. The van der Waals surface area contributed by atoms with Crippen LogP contribution in [0.4, 0.5) is 9.52 Å². The summed E-state index contributed by atoms with van der Waals surface area (Å²) >= 11 is 1.61. The third-order valence-corrected chi connectivity index (χ3v) is 7.26. The first kappa shape index (κ1) is 22.5. The second-order valence-corrected chi connectivity index (χ2v) is 10.1. The number of aromatic nitrogens is 1. The Bertz CT molecular complexity index is 1340. The van der Waals surface area contributed by atoms with Gasteiger partial charge in [0, 0.05) is 17.4 Å². The predicted molar refractivity (Wildman–Crippen MR) is 140 cm³/mol. The molecular formula is C29H28FN3S. The van der Waals surface area contributed by atoms with Crippen LogP contribution in [-0.2, 0) is 0 Å². The van der Waals surface area contributed by atoms with Gasteiger partial charge in [-0.05, 0) is 60.2 Å². The van der Waals surface area contributed by atoms with Crippen molar-refractivity contribution in [2.45, 2.75) is 46.1 Å². The minimum atomic E-state index is -0.238. The lowest BCUT2D eigenvalue weighted by molar-refractivity contribution is 0.627. The maximum atomic E-state index is 13.5. The number of hydrogen-bond donors (Lipinski definition) is 0. The second-order valence-electron chi connectivity index (χ2n) is 9.27. The zero-order chi connectivity index (χ0) is 23.8. The molecule has 3 nitrogen and oxygen atoms in total. The van der Waals surface area contributed by atoms with E-state index in [-0.39, 0.29) is 11.9 Å². The van der Waals surface area contributed by atoms with E-state index in [9.17, 15) is 4.39 Å². The Balaban J connectivity index is 1.54. The van der Waals surface area contributed by atoms with Gasteiger partial charge in [0.05, 0.1) is 17.4 Å². The molecule has 2 heterocycles. The molecule has 4 aromatic rings. The molecule has 0 bridgehead atoms. The number of hydrogen-bond acceptors (Lipinski definition) is 4. The van der Waals surface area contributed by atoms with Crippen LogP contribution >= 0.6 is 11.3 Å². The highest BCUT2D eigenvalue weighted by atomic mass is 32.1. The van der Waals surface area contributed by atoms with Crippen molar-refractivity contribution in [3.05, 3.63) is 106 Å². The lowest BCUT2D eigenvalue weighted by Crippen LogP contribution is -2.18. The summed E-state index contributed by atoms with van der Waals surface area (Å²) in [6, 6.07) is 21.9. The van der Waals surface area contributed by atoms with E-state index in [1.807, 2.05) is 5.01 Å². The van der Waals surface area contributed by atoms with E-state index < -0.39 is 0 Å². The highest BCUT2D eigenvalue weighted by Gasteiger charge is 2.32. The first-order chi connectivity index (χ1) is 16.4. The van der Waals surface area contributed by atoms with Crippen molar-refractivity contribution in [2.24, 2.45) is 5.10 Å². The SMILES string of the molecule is Cc1ccc(C)c(-c2csc(N3N=C(c4ccc(F)cc4)CC3c3ccc(C(C)C)cc3)n2)c1. The molecule has 0 fully saturated rings. The van der Waals surface area contributed by atoms with Crippen molar-refractivity contribution < 1.29 is 4.39 Å². The van der Waals surface area contributed by atoms with Gasteiger partial charge in [-0.25, -0.2) is 14.4 Å². The summed E-state index contributed by atoms with van der Waals surface area (Å²) in [6.45, 7) is 8.63. The van der Waals surface area contributed by atoms with Crippen LogP contribution in [0.2, 0.25) is 0 Å². The Morgan fingerprint density at radius 2 is 1.71 bits per heavy atom. The molecule has 1 atom stereocenters. The molecule has 0 radical (unpaired) electrons. The summed E-state index contributed by atoms with van der Waals surface area (Å²) in [5, 5.41) is 10.0. The van der Waals surface area contributed by atoms with Crippen LogP contribution in [-0.4, -0.2) is 10.7 Å². The van der Waals surface area contributed by atoms with Gasteiger partial charge >= 0.3 is 0 Å². The quantitative estimate of drug-likeness (QED) is 0.296. The smallest absolute Gasteiger partial charge is 0.207 e. The van der Waals surface area contributed by atoms with Crippen molar-refractivity contribution in [3.63, 3.8) is 0 Å². The van der Waals surface area contributed by atoms with Crippen molar-refractivity contribution in [3.8, 4) is 11.3 Å². The molecule has 0 saturated heterocycles. The Labute approximate surface area is 204 Å². The number of thiazole rings is 1. The van der Waals surface area contributed by atoms with E-state index in [2.05, 4.69) is 75.5 Å². The topological polar surface area (TPSA) is 28.5 Å². The number of nitrogens with zero attached hydrogens (tertiary/aromatic N) is 3. The van der Waals surface area contributed by atoms with E-state index in [1.165, 1.54) is 34.4 Å². The average molecular weight is 470 g/mol. The standard InChI is InChI=1S/C29H28FN3S/c1-18(2)21-7-9-23(10-8-21)28-16-26(22-11-13-24(30)14-12-22)32-33(28)29-31-27(17-34-29)25-15-19(3)5-6-20(25)4/h5-15,17-18,28H,16H2,1-4H3. The van der Waals surface area contributed by atoms with Gasteiger partial charge in [-0.3, -0.25) is 0 Å². The number of aryl methyl sites for hydroxylation is 2. The van der Waals surface area contributed by atoms with Gasteiger partial charge in [0.1, 0.15) is 5.82 Å². The predicted octanol–water partition coefficient (Wildman–Crippen LogP) is 8.05. The summed E-state index contributed by atoms with van der Waals surface area (Å²) < 4.78 is 13.5. The van der Waals surface area contributed by atoms with E-state index >= 15 is 0 Å². The number of halogens is 1. The zero-order valence-electron chi connectivity index (χ0n) is 19.9. The van der Waals surface area contributed by atoms with Gasteiger partial charge in [0.25, 0.3) is 0 Å². The molecule has 1 aliphatic rings. The molecule has 34 heavy (non-hydrogen) atoms. The Morgan fingerprint density at radius 1 is 0.971 bits per heavy atom. The van der Waals surface area contributed by atoms with Crippen molar-refractivity contribution in [1.82, 2.24) is 4.98 Å². The molecule has 5 rings (SSSR count). The molecular weight excluding hydrogens is 441 g/mol. The van der Waals surface area contributed by atoms with Crippen LogP contribution in [0.15, 0.2) is 77.2 Å². The molecule has 0 saturated carbocycles. The van der Waals surface area contributed by atoms with E-state index in [0.717, 1.165) is 34.1 Å². The number of benzene rings is 3. The Hall–Kier alpha value is -3.31. The summed E-state index contributed by atoms with van der Waals surface area (Å²) in [7, 11) is 0. The van der Waals surface area contributed by atoms with Crippen molar-refractivity contribution in [2.75, 3.05) is 5.01 Å². The van der Waals surface area contributed by atoms with Crippen LogP contribution in [0.1, 0.15) is 60.0 Å². The first-order valence-corrected chi connectivity index (χ1v) is 12.5. The number of rotatable bonds is 5. The molecule has 0 N–H and O–H groups in total. The second kappa shape index (κ2) is 9.15. The van der Waals surface area contributed by atoms with Gasteiger partial charge < -0.3 is 0 Å². The molecule has 1 aliphatic heterocycles.